The van der Waals surface area contributed by atoms with E-state index in [-0.39, 0.29) is 5.92 Å². The molecule has 0 aliphatic heterocycles. The summed E-state index contributed by atoms with van der Waals surface area (Å²) in [5, 5.41) is 0. The Kier molecular flexibility index (Phi) is 4.84. The summed E-state index contributed by atoms with van der Waals surface area (Å²) in [6.45, 7) is 0. The van der Waals surface area contributed by atoms with Gasteiger partial charge in [-0.25, -0.2) is 13.2 Å². The molecule has 2 radical (unpaired) electrons. The molecule has 0 atom stereocenters. The summed E-state index contributed by atoms with van der Waals surface area (Å²) >= 11 is 0. The van der Waals surface area contributed by atoms with Crippen molar-refractivity contribution in [3.63, 3.8) is 0 Å². The van der Waals surface area contributed by atoms with E-state index >= 15 is 0 Å². The van der Waals surface area contributed by atoms with Crippen LogP contribution in [0.2, 0.25) is 5.82 Å². The minimum Gasteiger partial charge on any atom is -0.204 e. The maximum atomic E-state index is 13.4. The van der Waals surface area contributed by atoms with E-state index in [0.717, 1.165) is 50.4 Å². The standard InChI is InChI=1S/C18H22BF3/c19-15-7-5-12(6-8-15)11-1-3-13(4-2-11)14-9-16(20)18(22)17(21)10-14/h9-13,15H,1-8H2. The molecule has 2 saturated carbocycles. The molecule has 4 heteroatoms. The minimum absolute atomic E-state index is 0.159. The van der Waals surface area contributed by atoms with E-state index in [1.165, 1.54) is 25.0 Å². The molecule has 0 saturated heterocycles. The van der Waals surface area contributed by atoms with Crippen LogP contribution < -0.4 is 0 Å². The zero-order valence-corrected chi connectivity index (χ0v) is 12.8. The molecule has 0 amide bonds. The molecule has 0 N–H and O–H groups in total. The van der Waals surface area contributed by atoms with Crippen molar-refractivity contribution in [2.75, 3.05) is 0 Å². The van der Waals surface area contributed by atoms with Crippen LogP contribution in [0.3, 0.4) is 0 Å². The highest BCUT2D eigenvalue weighted by molar-refractivity contribution is 6.11. The largest absolute Gasteiger partial charge is 0.204 e. The average molecular weight is 306 g/mol. The Hall–Kier alpha value is -0.925. The molecule has 1 aromatic rings. The fourth-order valence-electron chi connectivity index (χ4n) is 4.35. The highest BCUT2D eigenvalue weighted by Crippen LogP contribution is 2.44. The summed E-state index contributed by atoms with van der Waals surface area (Å²) in [6, 6.07) is 2.34. The highest BCUT2D eigenvalue weighted by Gasteiger charge is 2.30. The summed E-state index contributed by atoms with van der Waals surface area (Å²) in [5.41, 5.74) is 0.612. The smallest absolute Gasteiger partial charge is 0.194 e. The lowest BCUT2D eigenvalue weighted by molar-refractivity contribution is 0.186. The zero-order chi connectivity index (χ0) is 15.7. The van der Waals surface area contributed by atoms with Crippen LogP contribution in [0, 0.1) is 29.3 Å². The van der Waals surface area contributed by atoms with Crippen LogP contribution in [-0.4, -0.2) is 7.85 Å². The van der Waals surface area contributed by atoms with E-state index in [1.54, 1.807) is 0 Å². The Morgan fingerprint density at radius 3 is 1.68 bits per heavy atom. The Morgan fingerprint density at radius 2 is 1.18 bits per heavy atom. The topological polar surface area (TPSA) is 0 Å². The maximum Gasteiger partial charge on any atom is 0.194 e. The second kappa shape index (κ2) is 6.68. The van der Waals surface area contributed by atoms with Crippen molar-refractivity contribution in [3.8, 4) is 0 Å². The molecule has 3 rings (SSSR count). The molecule has 0 bridgehead atoms. The zero-order valence-electron chi connectivity index (χ0n) is 12.8. The molecule has 2 aliphatic rings. The summed E-state index contributed by atoms with van der Waals surface area (Å²) in [6.07, 6.45) is 8.77. The molecule has 1 aromatic carbocycles. The van der Waals surface area contributed by atoms with Crippen molar-refractivity contribution < 1.29 is 13.2 Å². The molecule has 0 aromatic heterocycles. The second-order valence-corrected chi connectivity index (χ2v) is 7.09. The van der Waals surface area contributed by atoms with Crippen molar-refractivity contribution >= 4 is 7.85 Å². The van der Waals surface area contributed by atoms with Gasteiger partial charge < -0.3 is 0 Å². The Bertz CT molecular complexity index is 492. The quantitative estimate of drug-likeness (QED) is 0.498. The molecule has 0 nitrogen and oxygen atoms in total. The van der Waals surface area contributed by atoms with Crippen LogP contribution in [0.1, 0.15) is 62.8 Å². The van der Waals surface area contributed by atoms with E-state index in [1.807, 2.05) is 0 Å². The van der Waals surface area contributed by atoms with E-state index in [4.69, 9.17) is 7.85 Å². The van der Waals surface area contributed by atoms with Gasteiger partial charge in [0.05, 0.1) is 7.85 Å². The van der Waals surface area contributed by atoms with Crippen LogP contribution in [0.4, 0.5) is 13.2 Å². The molecule has 0 heterocycles. The van der Waals surface area contributed by atoms with Crippen molar-refractivity contribution in [2.45, 2.75) is 63.1 Å². The fraction of sp³-hybridized carbons (Fsp3) is 0.667. The Labute approximate surface area is 131 Å². The lowest BCUT2D eigenvalue weighted by Crippen LogP contribution is -2.24. The SMILES string of the molecule is [B]C1CCC(C2CCC(c3cc(F)c(F)c(F)c3)CC2)CC1. The first-order valence-corrected chi connectivity index (χ1v) is 8.44. The van der Waals surface area contributed by atoms with Crippen molar-refractivity contribution in [2.24, 2.45) is 11.8 Å². The molecular formula is C18H22BF3. The van der Waals surface area contributed by atoms with Crippen molar-refractivity contribution in [3.05, 3.63) is 35.1 Å². The van der Waals surface area contributed by atoms with Crippen LogP contribution in [0.15, 0.2) is 12.1 Å². The molecule has 118 valence electrons. The summed E-state index contributed by atoms with van der Waals surface area (Å²) in [7, 11) is 5.96. The van der Waals surface area contributed by atoms with E-state index in [9.17, 15) is 13.2 Å². The van der Waals surface area contributed by atoms with Gasteiger partial charge in [0.2, 0.25) is 0 Å². The van der Waals surface area contributed by atoms with Crippen molar-refractivity contribution in [1.82, 2.24) is 0 Å². The lowest BCUT2D eigenvalue weighted by atomic mass is 9.65. The second-order valence-electron chi connectivity index (χ2n) is 7.09. The monoisotopic (exact) mass is 306 g/mol. The normalized spacial score (nSPS) is 32.9. The Morgan fingerprint density at radius 1 is 0.727 bits per heavy atom. The number of hydrogen-bond acceptors (Lipinski definition) is 0. The molecule has 22 heavy (non-hydrogen) atoms. The predicted octanol–water partition coefficient (Wildman–Crippen LogP) is 5.52. The van der Waals surface area contributed by atoms with Crippen LogP contribution in [-0.2, 0) is 0 Å². The third kappa shape index (κ3) is 3.36. The van der Waals surface area contributed by atoms with Crippen molar-refractivity contribution in [1.29, 1.82) is 0 Å². The van der Waals surface area contributed by atoms with E-state index in [2.05, 4.69) is 0 Å². The van der Waals surface area contributed by atoms with Gasteiger partial charge in [-0.1, -0.05) is 31.5 Å². The number of hydrogen-bond donors (Lipinski definition) is 0. The third-order valence-corrected chi connectivity index (χ3v) is 5.73. The number of benzene rings is 1. The maximum absolute atomic E-state index is 13.4. The summed E-state index contributed by atoms with van der Waals surface area (Å²) < 4.78 is 39.8. The minimum atomic E-state index is -1.36. The number of rotatable bonds is 2. The first-order chi connectivity index (χ1) is 10.5. The fourth-order valence-corrected chi connectivity index (χ4v) is 4.35. The molecule has 2 fully saturated rings. The van der Waals surface area contributed by atoms with Gasteiger partial charge in [-0.05, 0) is 61.1 Å². The lowest BCUT2D eigenvalue weighted by Gasteiger charge is -2.37. The van der Waals surface area contributed by atoms with Gasteiger partial charge in [0.1, 0.15) is 0 Å². The summed E-state index contributed by atoms with van der Waals surface area (Å²) in [4.78, 5) is 0. The average Bonchev–Trinajstić information content (AvgIpc) is 2.53. The van der Waals surface area contributed by atoms with Crippen LogP contribution >= 0.6 is 0 Å². The van der Waals surface area contributed by atoms with E-state index < -0.39 is 17.5 Å². The van der Waals surface area contributed by atoms with Gasteiger partial charge in [-0.15, -0.1) is 0 Å². The predicted molar refractivity (Wildman–Crippen MR) is 82.5 cm³/mol. The van der Waals surface area contributed by atoms with Gasteiger partial charge in [0.25, 0.3) is 0 Å². The van der Waals surface area contributed by atoms with E-state index in [0.29, 0.717) is 11.4 Å². The van der Waals surface area contributed by atoms with Gasteiger partial charge >= 0.3 is 0 Å². The number of halogens is 3. The van der Waals surface area contributed by atoms with Gasteiger partial charge in [0, 0.05) is 0 Å². The molecular weight excluding hydrogens is 284 g/mol. The van der Waals surface area contributed by atoms with Gasteiger partial charge in [0.15, 0.2) is 17.5 Å². The third-order valence-electron chi connectivity index (χ3n) is 5.73. The molecule has 0 unspecified atom stereocenters. The summed E-state index contributed by atoms with van der Waals surface area (Å²) in [5.74, 6) is -1.49. The highest BCUT2D eigenvalue weighted by atomic mass is 19.2. The Balaban J connectivity index is 1.60. The van der Waals surface area contributed by atoms with Gasteiger partial charge in [-0.2, -0.15) is 0 Å². The first-order valence-electron chi connectivity index (χ1n) is 8.44. The van der Waals surface area contributed by atoms with Crippen LogP contribution in [0.25, 0.3) is 0 Å². The van der Waals surface area contributed by atoms with Gasteiger partial charge in [-0.3, -0.25) is 0 Å². The molecule has 0 spiro atoms. The first kappa shape index (κ1) is 16.0. The molecule has 2 aliphatic carbocycles. The van der Waals surface area contributed by atoms with Crippen LogP contribution in [0.5, 0.6) is 0 Å².